The van der Waals surface area contributed by atoms with E-state index >= 15 is 0 Å². The fourth-order valence-electron chi connectivity index (χ4n) is 3.08. The van der Waals surface area contributed by atoms with E-state index in [-0.39, 0.29) is 5.69 Å². The molecule has 0 unspecified atom stereocenters. The molecule has 0 saturated carbocycles. The van der Waals surface area contributed by atoms with Crippen LogP contribution in [0.25, 0.3) is 22.6 Å². The van der Waals surface area contributed by atoms with Crippen LogP contribution in [0.2, 0.25) is 10.0 Å². The molecule has 0 atom stereocenters. The molecule has 4 aromatic rings. The van der Waals surface area contributed by atoms with Crippen molar-refractivity contribution >= 4 is 40.7 Å². The molecule has 3 aromatic heterocycles. The van der Waals surface area contributed by atoms with Crippen molar-refractivity contribution < 1.29 is 4.92 Å². The lowest BCUT2D eigenvalue weighted by molar-refractivity contribution is -0.385. The van der Waals surface area contributed by atoms with Crippen molar-refractivity contribution in [3.8, 4) is 22.6 Å². The fourth-order valence-corrected chi connectivity index (χ4v) is 3.58. The zero-order valence-electron chi connectivity index (χ0n) is 17.4. The Morgan fingerprint density at radius 1 is 1.12 bits per heavy atom. The number of pyridine rings is 1. The Morgan fingerprint density at radius 3 is 2.64 bits per heavy atom. The molecule has 0 aliphatic heterocycles. The summed E-state index contributed by atoms with van der Waals surface area (Å²) in [5.41, 5.74) is 1.97. The first-order chi connectivity index (χ1) is 15.9. The number of nitrogens with zero attached hydrogens (tertiary/aromatic N) is 6. The molecule has 0 aliphatic carbocycles. The van der Waals surface area contributed by atoms with E-state index in [0.29, 0.717) is 57.5 Å². The van der Waals surface area contributed by atoms with Crippen LogP contribution >= 0.6 is 23.2 Å². The van der Waals surface area contributed by atoms with Crippen LogP contribution in [0.5, 0.6) is 0 Å². The second kappa shape index (κ2) is 9.80. The number of hydrogen-bond donors (Lipinski definition) is 2. The third kappa shape index (κ3) is 5.18. The van der Waals surface area contributed by atoms with Crippen molar-refractivity contribution in [3.63, 3.8) is 0 Å². The lowest BCUT2D eigenvalue weighted by atomic mass is 10.1. The van der Waals surface area contributed by atoms with E-state index in [4.69, 9.17) is 28.2 Å². The highest BCUT2D eigenvalue weighted by atomic mass is 35.5. The summed E-state index contributed by atoms with van der Waals surface area (Å²) in [6.07, 6.45) is 6.29. The number of aromatic amines is 1. The first-order valence-corrected chi connectivity index (χ1v) is 10.6. The average Bonchev–Trinajstić information content (AvgIpc) is 3.34. The minimum Gasteiger partial charge on any atom is -0.368 e. The summed E-state index contributed by atoms with van der Waals surface area (Å²) < 4.78 is 0. The predicted molar refractivity (Wildman–Crippen MR) is 128 cm³/mol. The number of nitro groups is 1. The van der Waals surface area contributed by atoms with Gasteiger partial charge in [0.2, 0.25) is 5.95 Å². The maximum atomic E-state index is 10.7. The maximum absolute atomic E-state index is 10.7. The van der Waals surface area contributed by atoms with Crippen LogP contribution in [0.4, 0.5) is 17.5 Å². The summed E-state index contributed by atoms with van der Waals surface area (Å²) in [5, 5.41) is 14.9. The van der Waals surface area contributed by atoms with Crippen molar-refractivity contribution in [1.82, 2.24) is 24.9 Å². The molecule has 0 radical (unpaired) electrons. The van der Waals surface area contributed by atoms with Gasteiger partial charge in [-0.05, 0) is 24.3 Å². The van der Waals surface area contributed by atoms with Crippen LogP contribution in [0.1, 0.15) is 0 Å². The van der Waals surface area contributed by atoms with Gasteiger partial charge in [0.15, 0.2) is 0 Å². The smallest absolute Gasteiger partial charge is 0.287 e. The van der Waals surface area contributed by atoms with Gasteiger partial charge in [-0.2, -0.15) is 0 Å². The van der Waals surface area contributed by atoms with Crippen LogP contribution in [0.3, 0.4) is 0 Å². The number of H-pyrrole nitrogens is 1. The summed E-state index contributed by atoms with van der Waals surface area (Å²) in [5.74, 6) is 1.65. The zero-order chi connectivity index (χ0) is 23.4. The molecule has 0 bridgehead atoms. The van der Waals surface area contributed by atoms with Gasteiger partial charge >= 0.3 is 0 Å². The summed E-state index contributed by atoms with van der Waals surface area (Å²) in [6.45, 7) is 1.06. The van der Waals surface area contributed by atoms with Crippen molar-refractivity contribution in [2.45, 2.75) is 0 Å². The molecule has 168 valence electrons. The predicted octanol–water partition coefficient (Wildman–Crippen LogP) is 4.69. The van der Waals surface area contributed by atoms with Gasteiger partial charge in [0, 0.05) is 55.4 Å². The van der Waals surface area contributed by atoms with E-state index in [0.717, 1.165) is 0 Å². The number of likely N-dealkylation sites (N-methyl/N-ethyl adjacent to an activating group) is 1. The highest BCUT2D eigenvalue weighted by Crippen LogP contribution is 2.35. The monoisotopic (exact) mass is 484 g/mol. The number of hydrogen-bond acceptors (Lipinski definition) is 8. The summed E-state index contributed by atoms with van der Waals surface area (Å²) in [6, 6.07) is 8.19. The molecule has 3 heterocycles. The van der Waals surface area contributed by atoms with Crippen molar-refractivity contribution in [2.24, 2.45) is 0 Å². The molecule has 33 heavy (non-hydrogen) atoms. The van der Waals surface area contributed by atoms with Gasteiger partial charge in [-0.25, -0.2) is 19.9 Å². The molecular formula is C21H18Cl2N8O2. The molecule has 0 saturated heterocycles. The van der Waals surface area contributed by atoms with Crippen LogP contribution in [-0.4, -0.2) is 50.0 Å². The lowest BCUT2D eigenvalue weighted by Gasteiger charge is -2.19. The van der Waals surface area contributed by atoms with Crippen LogP contribution < -0.4 is 10.2 Å². The van der Waals surface area contributed by atoms with Gasteiger partial charge in [-0.3, -0.25) is 10.1 Å². The van der Waals surface area contributed by atoms with E-state index in [1.165, 1.54) is 12.3 Å². The Balaban J connectivity index is 1.54. The van der Waals surface area contributed by atoms with Gasteiger partial charge in [0.1, 0.15) is 17.8 Å². The van der Waals surface area contributed by atoms with Crippen molar-refractivity contribution in [3.05, 3.63) is 75.3 Å². The first-order valence-electron chi connectivity index (χ1n) is 9.80. The Hall–Kier alpha value is -3.76. The van der Waals surface area contributed by atoms with E-state index in [9.17, 15) is 10.1 Å². The van der Waals surface area contributed by atoms with Gasteiger partial charge in [0.05, 0.1) is 21.2 Å². The van der Waals surface area contributed by atoms with Crippen LogP contribution in [-0.2, 0) is 0 Å². The number of halogens is 2. The van der Waals surface area contributed by atoms with Gasteiger partial charge in [-0.15, -0.1) is 0 Å². The van der Waals surface area contributed by atoms with E-state index in [1.54, 1.807) is 36.8 Å². The number of anilines is 2. The normalized spacial score (nSPS) is 10.8. The standard InChI is InChI=1S/C21H18Cl2N8O2/c1-30(9-8-24-18-5-3-14(11-27-18)31(32)33)21-28-12-16(20-25-6-7-26-20)19(29-21)15-4-2-13(22)10-17(15)23/h2-7,10-12H,8-9H2,1H3,(H,24,27)(H,25,26). The molecule has 10 nitrogen and oxygen atoms in total. The summed E-state index contributed by atoms with van der Waals surface area (Å²) in [7, 11) is 1.86. The number of nitrogens with one attached hydrogen (secondary N) is 2. The van der Waals surface area contributed by atoms with Crippen LogP contribution in [0.15, 0.2) is 55.1 Å². The van der Waals surface area contributed by atoms with Crippen molar-refractivity contribution in [2.75, 3.05) is 30.4 Å². The largest absolute Gasteiger partial charge is 0.368 e. The lowest BCUT2D eigenvalue weighted by Crippen LogP contribution is -2.26. The van der Waals surface area contributed by atoms with Gasteiger partial charge in [-0.1, -0.05) is 23.2 Å². The molecule has 0 aliphatic rings. The third-order valence-corrected chi connectivity index (χ3v) is 5.32. The molecule has 12 heteroatoms. The van der Waals surface area contributed by atoms with E-state index in [1.807, 2.05) is 18.0 Å². The quantitative estimate of drug-likeness (QED) is 0.272. The molecule has 2 N–H and O–H groups in total. The first kappa shape index (κ1) is 22.4. The molecule has 0 fully saturated rings. The number of aromatic nitrogens is 5. The number of imidazole rings is 1. The zero-order valence-corrected chi connectivity index (χ0v) is 18.9. The third-order valence-electron chi connectivity index (χ3n) is 4.77. The maximum Gasteiger partial charge on any atom is 0.287 e. The van der Waals surface area contributed by atoms with E-state index < -0.39 is 4.92 Å². The Kier molecular flexibility index (Phi) is 6.66. The Bertz CT molecular complexity index is 1270. The summed E-state index contributed by atoms with van der Waals surface area (Å²) in [4.78, 5) is 32.8. The number of benzene rings is 1. The molecular weight excluding hydrogens is 467 g/mol. The van der Waals surface area contributed by atoms with E-state index in [2.05, 4.69) is 25.3 Å². The number of rotatable bonds is 8. The SMILES string of the molecule is CN(CCNc1ccc([N+](=O)[O-])cn1)c1ncc(-c2ncc[nH]2)c(-c2ccc(Cl)cc2Cl)n1. The minimum atomic E-state index is -0.487. The second-order valence-electron chi connectivity index (χ2n) is 7.00. The molecule has 0 spiro atoms. The molecule has 0 amide bonds. The second-order valence-corrected chi connectivity index (χ2v) is 7.84. The highest BCUT2D eigenvalue weighted by Gasteiger charge is 2.17. The van der Waals surface area contributed by atoms with Crippen molar-refractivity contribution in [1.29, 1.82) is 0 Å². The summed E-state index contributed by atoms with van der Waals surface area (Å²) >= 11 is 12.5. The Labute approximate surface area is 198 Å². The Morgan fingerprint density at radius 2 is 1.97 bits per heavy atom. The van der Waals surface area contributed by atoms with Gasteiger partial charge < -0.3 is 15.2 Å². The average molecular weight is 485 g/mol. The minimum absolute atomic E-state index is 0.0592. The van der Waals surface area contributed by atoms with Crippen LogP contribution in [0, 0.1) is 10.1 Å². The van der Waals surface area contributed by atoms with Gasteiger partial charge in [0.25, 0.3) is 5.69 Å². The highest BCUT2D eigenvalue weighted by molar-refractivity contribution is 6.36. The topological polar surface area (TPSA) is 126 Å². The molecule has 4 rings (SSSR count). The molecule has 1 aromatic carbocycles. The fraction of sp³-hybridized carbons (Fsp3) is 0.143.